The summed E-state index contributed by atoms with van der Waals surface area (Å²) in [5.74, 6) is -0.705. The summed E-state index contributed by atoms with van der Waals surface area (Å²) in [6, 6.07) is 14.0. The first-order chi connectivity index (χ1) is 13.0. The van der Waals surface area contributed by atoms with Crippen LogP contribution in [0.1, 0.15) is 32.7 Å². The number of ketones is 1. The highest BCUT2D eigenvalue weighted by Crippen LogP contribution is 2.39. The molecular formula is C21H17NO5. The molecule has 0 unspecified atom stereocenters. The zero-order chi connectivity index (χ0) is 19.0. The van der Waals surface area contributed by atoms with Crippen molar-refractivity contribution < 1.29 is 24.2 Å². The Morgan fingerprint density at radius 1 is 1.11 bits per heavy atom. The van der Waals surface area contributed by atoms with E-state index in [-0.39, 0.29) is 18.1 Å². The molecule has 1 N–H and O–H groups in total. The molecule has 0 aromatic heterocycles. The Hall–Kier alpha value is -3.41. The Bertz CT molecular complexity index is 958. The molecule has 1 saturated heterocycles. The number of benzene rings is 2. The van der Waals surface area contributed by atoms with Crippen molar-refractivity contribution in [1.29, 1.82) is 0 Å². The van der Waals surface area contributed by atoms with Crippen LogP contribution in [-0.2, 0) is 4.79 Å². The van der Waals surface area contributed by atoms with Crippen molar-refractivity contribution in [3.8, 4) is 5.75 Å². The van der Waals surface area contributed by atoms with Gasteiger partial charge in [0.05, 0.1) is 25.1 Å². The fourth-order valence-corrected chi connectivity index (χ4v) is 3.52. The summed E-state index contributed by atoms with van der Waals surface area (Å²) in [7, 11) is 0. The standard InChI is InChI=1S/C21H17NO5/c23-17-11-21(12-22(13-21)20(26)15-4-2-1-3-5-15)27-18-8-6-14(10-16(17)18)7-9-19(24)25/h1-10H,11-13H2,(H,24,25). The maximum atomic E-state index is 12.6. The summed E-state index contributed by atoms with van der Waals surface area (Å²) < 4.78 is 6.07. The van der Waals surface area contributed by atoms with Gasteiger partial charge in [0.15, 0.2) is 11.4 Å². The number of carboxylic acids is 1. The largest absolute Gasteiger partial charge is 0.482 e. The summed E-state index contributed by atoms with van der Waals surface area (Å²) in [6.45, 7) is 0.735. The Kier molecular flexibility index (Phi) is 4.03. The fourth-order valence-electron chi connectivity index (χ4n) is 3.52. The van der Waals surface area contributed by atoms with Crippen molar-refractivity contribution in [2.75, 3.05) is 13.1 Å². The number of nitrogens with zero attached hydrogens (tertiary/aromatic N) is 1. The molecule has 0 bridgehead atoms. The molecule has 2 aliphatic rings. The highest BCUT2D eigenvalue weighted by Gasteiger charge is 2.51. The van der Waals surface area contributed by atoms with Crippen molar-refractivity contribution in [2.24, 2.45) is 0 Å². The predicted molar refractivity (Wildman–Crippen MR) is 97.8 cm³/mol. The molecule has 27 heavy (non-hydrogen) atoms. The first-order valence-electron chi connectivity index (χ1n) is 8.57. The minimum absolute atomic E-state index is 0.0614. The van der Waals surface area contributed by atoms with Crippen LogP contribution in [0.25, 0.3) is 6.08 Å². The minimum atomic E-state index is -1.05. The molecule has 6 heteroatoms. The number of Topliss-reactive ketones (excluding diaryl/α,β-unsaturated/α-hetero) is 1. The number of aliphatic carboxylic acids is 1. The lowest BCUT2D eigenvalue weighted by molar-refractivity contribution is -0.131. The molecule has 2 aromatic rings. The molecule has 0 saturated carbocycles. The molecule has 136 valence electrons. The quantitative estimate of drug-likeness (QED) is 0.848. The molecule has 2 aromatic carbocycles. The van der Waals surface area contributed by atoms with Gasteiger partial charge in [-0.2, -0.15) is 0 Å². The van der Waals surface area contributed by atoms with E-state index >= 15 is 0 Å². The number of fused-ring (bicyclic) bond motifs is 1. The Morgan fingerprint density at radius 3 is 2.56 bits per heavy atom. The van der Waals surface area contributed by atoms with Gasteiger partial charge < -0.3 is 14.7 Å². The first kappa shape index (κ1) is 17.0. The van der Waals surface area contributed by atoms with Gasteiger partial charge in [-0.3, -0.25) is 9.59 Å². The number of carbonyl (C=O) groups is 3. The van der Waals surface area contributed by atoms with Gasteiger partial charge in [-0.15, -0.1) is 0 Å². The Morgan fingerprint density at radius 2 is 1.85 bits per heavy atom. The summed E-state index contributed by atoms with van der Waals surface area (Å²) in [6.07, 6.45) is 2.66. The minimum Gasteiger partial charge on any atom is -0.482 e. The Labute approximate surface area is 155 Å². The second kappa shape index (κ2) is 6.39. The molecule has 0 atom stereocenters. The number of rotatable bonds is 3. The van der Waals surface area contributed by atoms with Crippen LogP contribution in [0.5, 0.6) is 5.75 Å². The number of hydrogen-bond acceptors (Lipinski definition) is 4. The second-order valence-electron chi connectivity index (χ2n) is 6.84. The summed E-state index contributed by atoms with van der Waals surface area (Å²) in [5, 5.41) is 8.71. The lowest BCUT2D eigenvalue weighted by Gasteiger charge is -2.51. The third kappa shape index (κ3) is 3.21. The van der Waals surface area contributed by atoms with E-state index in [0.717, 1.165) is 6.08 Å². The van der Waals surface area contributed by atoms with E-state index in [4.69, 9.17) is 9.84 Å². The Balaban J connectivity index is 1.49. The van der Waals surface area contributed by atoms with Crippen LogP contribution >= 0.6 is 0 Å². The maximum Gasteiger partial charge on any atom is 0.328 e. The van der Waals surface area contributed by atoms with Crippen LogP contribution in [-0.4, -0.2) is 46.4 Å². The zero-order valence-corrected chi connectivity index (χ0v) is 14.4. The van der Waals surface area contributed by atoms with Crippen molar-refractivity contribution in [1.82, 2.24) is 4.90 Å². The van der Waals surface area contributed by atoms with Gasteiger partial charge in [0.25, 0.3) is 5.91 Å². The molecule has 0 radical (unpaired) electrons. The molecule has 6 nitrogen and oxygen atoms in total. The van der Waals surface area contributed by atoms with Gasteiger partial charge >= 0.3 is 5.97 Å². The molecule has 1 amide bonds. The number of amides is 1. The van der Waals surface area contributed by atoms with E-state index in [9.17, 15) is 14.4 Å². The van der Waals surface area contributed by atoms with Crippen LogP contribution in [0.2, 0.25) is 0 Å². The average molecular weight is 363 g/mol. The number of hydrogen-bond donors (Lipinski definition) is 1. The number of carbonyl (C=O) groups excluding carboxylic acids is 2. The molecule has 2 aliphatic heterocycles. The van der Waals surface area contributed by atoms with Gasteiger partial charge in [-0.1, -0.05) is 24.3 Å². The maximum absolute atomic E-state index is 12.6. The smallest absolute Gasteiger partial charge is 0.328 e. The van der Waals surface area contributed by atoms with Crippen molar-refractivity contribution >= 4 is 23.7 Å². The lowest BCUT2D eigenvalue weighted by atomic mass is 9.83. The zero-order valence-electron chi connectivity index (χ0n) is 14.4. The summed E-state index contributed by atoms with van der Waals surface area (Å²) in [5.41, 5.74) is 1.01. The van der Waals surface area contributed by atoms with E-state index in [1.807, 2.05) is 18.2 Å². The first-order valence-corrected chi connectivity index (χ1v) is 8.57. The van der Waals surface area contributed by atoms with Crippen LogP contribution in [0.3, 0.4) is 0 Å². The molecule has 4 rings (SSSR count). The molecule has 0 aliphatic carbocycles. The normalized spacial score (nSPS) is 17.3. The summed E-state index contributed by atoms with van der Waals surface area (Å²) >= 11 is 0. The molecule has 1 spiro atoms. The third-order valence-corrected chi connectivity index (χ3v) is 4.80. The van der Waals surface area contributed by atoms with Crippen LogP contribution in [0.4, 0.5) is 0 Å². The van der Waals surface area contributed by atoms with Gasteiger partial charge in [-0.05, 0) is 35.9 Å². The molecule has 2 heterocycles. The SMILES string of the molecule is O=C(O)C=Cc1ccc2c(c1)C(=O)CC1(CN(C(=O)c3ccccc3)C1)O2. The monoisotopic (exact) mass is 363 g/mol. The molecule has 1 fully saturated rings. The van der Waals surface area contributed by atoms with Crippen LogP contribution < -0.4 is 4.74 Å². The lowest BCUT2D eigenvalue weighted by Crippen LogP contribution is -2.68. The number of ether oxygens (including phenoxy) is 1. The van der Waals surface area contributed by atoms with Crippen LogP contribution in [0, 0.1) is 0 Å². The van der Waals surface area contributed by atoms with Crippen molar-refractivity contribution in [2.45, 2.75) is 12.0 Å². The van der Waals surface area contributed by atoms with Crippen molar-refractivity contribution in [3.05, 3.63) is 71.3 Å². The van der Waals surface area contributed by atoms with E-state index < -0.39 is 11.6 Å². The van der Waals surface area contributed by atoms with Gasteiger partial charge in [0, 0.05) is 11.6 Å². The van der Waals surface area contributed by atoms with E-state index in [2.05, 4.69) is 0 Å². The van der Waals surface area contributed by atoms with Gasteiger partial charge in [0.1, 0.15) is 5.75 Å². The van der Waals surface area contributed by atoms with Gasteiger partial charge in [-0.25, -0.2) is 4.79 Å². The average Bonchev–Trinajstić information content (AvgIpc) is 2.64. The van der Waals surface area contributed by atoms with Crippen molar-refractivity contribution in [3.63, 3.8) is 0 Å². The van der Waals surface area contributed by atoms with E-state index in [1.54, 1.807) is 35.2 Å². The molecular weight excluding hydrogens is 346 g/mol. The topological polar surface area (TPSA) is 83.9 Å². The highest BCUT2D eigenvalue weighted by atomic mass is 16.5. The van der Waals surface area contributed by atoms with E-state index in [0.29, 0.717) is 35.5 Å². The number of likely N-dealkylation sites (tertiary alicyclic amines) is 1. The van der Waals surface area contributed by atoms with E-state index in [1.165, 1.54) is 6.08 Å². The second-order valence-corrected chi connectivity index (χ2v) is 6.84. The highest BCUT2D eigenvalue weighted by molar-refractivity contribution is 6.02. The third-order valence-electron chi connectivity index (χ3n) is 4.80. The summed E-state index contributed by atoms with van der Waals surface area (Å²) in [4.78, 5) is 37.4. The predicted octanol–water partition coefficient (Wildman–Crippen LogP) is 2.64. The fraction of sp³-hybridized carbons (Fsp3) is 0.190. The number of carboxylic acid groups (broad SMARTS) is 1. The van der Waals surface area contributed by atoms with Crippen LogP contribution in [0.15, 0.2) is 54.6 Å². The van der Waals surface area contributed by atoms with Gasteiger partial charge in [0.2, 0.25) is 0 Å².